The van der Waals surface area contributed by atoms with E-state index in [0.29, 0.717) is 11.3 Å². The lowest BCUT2D eigenvalue weighted by Gasteiger charge is -2.34. The van der Waals surface area contributed by atoms with Crippen molar-refractivity contribution in [3.63, 3.8) is 0 Å². The molecule has 134 valence electrons. The van der Waals surface area contributed by atoms with Gasteiger partial charge in [-0.15, -0.1) is 0 Å². The van der Waals surface area contributed by atoms with E-state index in [4.69, 9.17) is 0 Å². The normalized spacial score (nSPS) is 15.4. The predicted octanol–water partition coefficient (Wildman–Crippen LogP) is 2.48. The number of carbonyl (C=O) groups is 1. The summed E-state index contributed by atoms with van der Waals surface area (Å²) in [6.07, 6.45) is 2.82. The first-order valence-electron chi connectivity index (χ1n) is 8.58. The first-order chi connectivity index (χ1) is 12.6. The summed E-state index contributed by atoms with van der Waals surface area (Å²) in [4.78, 5) is 21.3. The van der Waals surface area contributed by atoms with Gasteiger partial charge in [0.25, 0.3) is 5.91 Å². The van der Waals surface area contributed by atoms with Crippen molar-refractivity contribution in [1.29, 1.82) is 0 Å². The number of hydrogen-bond donors (Lipinski definition) is 1. The van der Waals surface area contributed by atoms with E-state index in [1.807, 2.05) is 24.3 Å². The van der Waals surface area contributed by atoms with Crippen LogP contribution in [0.5, 0.6) is 0 Å². The molecule has 0 bridgehead atoms. The molecule has 0 unspecified atom stereocenters. The Bertz CT molecular complexity index is 929. The molecule has 0 spiro atoms. The van der Waals surface area contributed by atoms with Gasteiger partial charge in [0.2, 0.25) is 0 Å². The van der Waals surface area contributed by atoms with E-state index < -0.39 is 0 Å². The van der Waals surface area contributed by atoms with E-state index in [9.17, 15) is 9.18 Å². The fraction of sp³-hybridized carbons (Fsp3) is 0.263. The highest BCUT2D eigenvalue weighted by Crippen LogP contribution is 2.20. The Morgan fingerprint density at radius 1 is 1.04 bits per heavy atom. The van der Waals surface area contributed by atoms with Crippen LogP contribution in [0.2, 0.25) is 0 Å². The Kier molecular flexibility index (Phi) is 4.30. The minimum Gasteiger partial charge on any atom is -0.369 e. The molecule has 1 amide bonds. The zero-order valence-corrected chi connectivity index (χ0v) is 14.5. The van der Waals surface area contributed by atoms with E-state index in [2.05, 4.69) is 27.1 Å². The highest BCUT2D eigenvalue weighted by Gasteiger charge is 2.15. The first kappa shape index (κ1) is 16.5. The number of pyridine rings is 1. The summed E-state index contributed by atoms with van der Waals surface area (Å²) in [6.45, 7) is 4.10. The van der Waals surface area contributed by atoms with Gasteiger partial charge < -0.3 is 19.5 Å². The number of carbonyl (C=O) groups excluding carboxylic acids is 1. The molecule has 1 aromatic carbocycles. The zero-order valence-electron chi connectivity index (χ0n) is 14.5. The largest absolute Gasteiger partial charge is 0.369 e. The Morgan fingerprint density at radius 3 is 2.50 bits per heavy atom. The van der Waals surface area contributed by atoms with Crippen LogP contribution in [-0.2, 0) is 0 Å². The van der Waals surface area contributed by atoms with Crippen LogP contribution in [0.3, 0.4) is 0 Å². The van der Waals surface area contributed by atoms with Crippen LogP contribution >= 0.6 is 0 Å². The Balaban J connectivity index is 1.45. The molecule has 4 rings (SSSR count). The van der Waals surface area contributed by atoms with E-state index in [0.717, 1.165) is 31.9 Å². The number of hydrogen-bond acceptors (Lipinski definition) is 4. The van der Waals surface area contributed by atoms with Crippen molar-refractivity contribution >= 4 is 22.9 Å². The lowest BCUT2D eigenvalue weighted by Crippen LogP contribution is -2.44. The number of anilines is 2. The maximum Gasteiger partial charge on any atom is 0.275 e. The topological polar surface area (TPSA) is 52.9 Å². The Hall–Kier alpha value is -2.93. The monoisotopic (exact) mass is 353 g/mol. The van der Waals surface area contributed by atoms with Gasteiger partial charge in [-0.3, -0.25) is 4.79 Å². The maximum absolute atomic E-state index is 13.3. The molecule has 7 heteroatoms. The lowest BCUT2D eigenvalue weighted by molar-refractivity contribution is 0.102. The van der Waals surface area contributed by atoms with Crippen molar-refractivity contribution in [3.05, 3.63) is 60.3 Å². The smallest absolute Gasteiger partial charge is 0.275 e. The van der Waals surface area contributed by atoms with E-state index in [1.165, 1.54) is 28.9 Å². The second-order valence-corrected chi connectivity index (χ2v) is 6.53. The van der Waals surface area contributed by atoms with Crippen molar-refractivity contribution < 1.29 is 9.18 Å². The van der Waals surface area contributed by atoms with Gasteiger partial charge in [-0.25, -0.2) is 9.37 Å². The van der Waals surface area contributed by atoms with Crippen molar-refractivity contribution in [1.82, 2.24) is 14.3 Å². The minimum atomic E-state index is -0.374. The van der Waals surface area contributed by atoms with Gasteiger partial charge in [0.15, 0.2) is 0 Å². The zero-order chi connectivity index (χ0) is 18.1. The fourth-order valence-corrected chi connectivity index (χ4v) is 3.09. The summed E-state index contributed by atoms with van der Waals surface area (Å²) in [5, 5.41) is 2.84. The Labute approximate surface area is 150 Å². The van der Waals surface area contributed by atoms with Gasteiger partial charge >= 0.3 is 0 Å². The average molecular weight is 353 g/mol. The number of amides is 1. The predicted molar refractivity (Wildman–Crippen MR) is 99.3 cm³/mol. The number of benzene rings is 1. The molecule has 3 heterocycles. The molecule has 1 aliphatic rings. The van der Waals surface area contributed by atoms with Crippen LogP contribution in [0.15, 0.2) is 48.8 Å². The van der Waals surface area contributed by atoms with Crippen LogP contribution in [0.1, 0.15) is 10.5 Å². The molecule has 1 fully saturated rings. The number of halogens is 1. The molecule has 2 aromatic heterocycles. The number of imidazole rings is 1. The third kappa shape index (κ3) is 3.39. The minimum absolute atomic E-state index is 0.249. The molecule has 3 aromatic rings. The molecule has 0 radical (unpaired) electrons. The van der Waals surface area contributed by atoms with Gasteiger partial charge in [0, 0.05) is 49.9 Å². The van der Waals surface area contributed by atoms with Gasteiger partial charge in [-0.2, -0.15) is 0 Å². The van der Waals surface area contributed by atoms with Crippen molar-refractivity contribution in [3.8, 4) is 0 Å². The second-order valence-electron chi connectivity index (χ2n) is 6.53. The van der Waals surface area contributed by atoms with Crippen LogP contribution in [0.25, 0.3) is 5.65 Å². The lowest BCUT2D eigenvalue weighted by atomic mass is 10.2. The molecule has 0 atom stereocenters. The number of fused-ring (bicyclic) bond motifs is 1. The van der Waals surface area contributed by atoms with Gasteiger partial charge in [0.1, 0.15) is 17.2 Å². The highest BCUT2D eigenvalue weighted by molar-refractivity contribution is 6.03. The van der Waals surface area contributed by atoms with E-state index >= 15 is 0 Å². The number of likely N-dealkylation sites (N-methyl/N-ethyl adjacent to an activating group) is 1. The maximum atomic E-state index is 13.3. The molecule has 0 saturated carbocycles. The number of aromatic nitrogens is 2. The number of rotatable bonds is 3. The first-order valence-corrected chi connectivity index (χ1v) is 8.58. The molecule has 26 heavy (non-hydrogen) atoms. The summed E-state index contributed by atoms with van der Waals surface area (Å²) in [5.74, 6) is -0.692. The van der Waals surface area contributed by atoms with Crippen LogP contribution in [0, 0.1) is 5.82 Å². The van der Waals surface area contributed by atoms with Gasteiger partial charge in [-0.05, 0) is 43.4 Å². The summed E-state index contributed by atoms with van der Waals surface area (Å²) in [5.41, 5.74) is 2.64. The molecule has 0 aliphatic carbocycles. The van der Waals surface area contributed by atoms with Gasteiger partial charge in [0.05, 0.1) is 0 Å². The second kappa shape index (κ2) is 6.76. The third-order valence-corrected chi connectivity index (χ3v) is 4.64. The quantitative estimate of drug-likeness (QED) is 0.786. The molecule has 6 nitrogen and oxygen atoms in total. The van der Waals surface area contributed by atoms with E-state index in [-0.39, 0.29) is 17.4 Å². The number of piperazine rings is 1. The number of nitrogens with zero attached hydrogens (tertiary/aromatic N) is 4. The summed E-state index contributed by atoms with van der Waals surface area (Å²) in [7, 11) is 2.13. The number of nitrogens with one attached hydrogen (secondary N) is 1. The van der Waals surface area contributed by atoms with Crippen LogP contribution in [0.4, 0.5) is 15.8 Å². The van der Waals surface area contributed by atoms with Crippen molar-refractivity contribution in [2.75, 3.05) is 43.4 Å². The molecule has 1 N–H and O–H groups in total. The average Bonchev–Trinajstić information content (AvgIpc) is 3.06. The Morgan fingerprint density at radius 2 is 1.77 bits per heavy atom. The molecule has 1 saturated heterocycles. The summed E-state index contributed by atoms with van der Waals surface area (Å²) >= 11 is 0. The van der Waals surface area contributed by atoms with Gasteiger partial charge in [-0.1, -0.05) is 0 Å². The summed E-state index contributed by atoms with van der Waals surface area (Å²) < 4.78 is 14.8. The fourth-order valence-electron chi connectivity index (χ4n) is 3.09. The van der Waals surface area contributed by atoms with E-state index in [1.54, 1.807) is 0 Å². The summed E-state index contributed by atoms with van der Waals surface area (Å²) in [6, 6.07) is 10.7. The molecular formula is C19H20FN5O. The highest BCUT2D eigenvalue weighted by atomic mass is 19.1. The SMILES string of the molecule is CN1CCN(c2ccc(NC(=O)c3cn4cc(F)ccc4n3)cc2)CC1. The molecular weight excluding hydrogens is 333 g/mol. The van der Waals surface area contributed by atoms with Crippen molar-refractivity contribution in [2.45, 2.75) is 0 Å². The van der Waals surface area contributed by atoms with Crippen molar-refractivity contribution in [2.24, 2.45) is 0 Å². The molecule has 1 aliphatic heterocycles. The third-order valence-electron chi connectivity index (χ3n) is 4.64. The van der Waals surface area contributed by atoms with Crippen LogP contribution < -0.4 is 10.2 Å². The standard InChI is InChI=1S/C19H20FN5O/c1-23-8-10-24(11-9-23)16-5-3-15(4-6-16)21-19(26)17-13-25-12-14(20)2-7-18(25)22-17/h2-7,12-13H,8-11H2,1H3,(H,21,26). The van der Waals surface area contributed by atoms with Crippen LogP contribution in [-0.4, -0.2) is 53.4 Å².